The van der Waals surface area contributed by atoms with Crippen LogP contribution in [0.2, 0.25) is 0 Å². The van der Waals surface area contributed by atoms with Crippen molar-refractivity contribution in [2.45, 2.75) is 30.4 Å². The van der Waals surface area contributed by atoms with Gasteiger partial charge in [-0.15, -0.1) is 0 Å². The molecule has 0 aromatic rings. The number of aliphatic carboxylic acids is 1. The second-order valence-electron chi connectivity index (χ2n) is 3.64. The zero-order valence-electron chi connectivity index (χ0n) is 6.13. The van der Waals surface area contributed by atoms with Gasteiger partial charge in [0, 0.05) is 13.0 Å². The summed E-state index contributed by atoms with van der Waals surface area (Å²) in [5, 5.41) is 21.3. The van der Waals surface area contributed by atoms with Crippen molar-refractivity contribution in [3.8, 4) is 0 Å². The largest absolute Gasteiger partial charge is 0.480 e. The van der Waals surface area contributed by atoms with Gasteiger partial charge in [0.05, 0.1) is 5.60 Å². The minimum absolute atomic E-state index is 0.370. The van der Waals surface area contributed by atoms with E-state index in [9.17, 15) is 9.90 Å². The Bertz CT molecular complexity index is 206. The molecule has 0 aromatic carbocycles. The summed E-state index contributed by atoms with van der Waals surface area (Å²) >= 11 is 0. The lowest BCUT2D eigenvalue weighted by Crippen LogP contribution is -2.48. The van der Waals surface area contributed by atoms with Crippen molar-refractivity contribution in [3.05, 3.63) is 0 Å². The van der Waals surface area contributed by atoms with Crippen molar-refractivity contribution in [1.29, 1.82) is 0 Å². The molecule has 4 heteroatoms. The van der Waals surface area contributed by atoms with Crippen LogP contribution in [0.3, 0.4) is 0 Å². The van der Waals surface area contributed by atoms with E-state index in [4.69, 9.17) is 5.11 Å². The predicted octanol–water partition coefficient (Wildman–Crippen LogP) is -0.672. The first-order valence-corrected chi connectivity index (χ1v) is 3.77. The molecule has 1 heterocycles. The fourth-order valence-corrected chi connectivity index (χ4v) is 2.08. The highest BCUT2D eigenvalue weighted by molar-refractivity contribution is 5.80. The molecule has 4 nitrogen and oxygen atoms in total. The van der Waals surface area contributed by atoms with Gasteiger partial charge in [0.15, 0.2) is 0 Å². The van der Waals surface area contributed by atoms with Gasteiger partial charge < -0.3 is 10.2 Å². The van der Waals surface area contributed by atoms with Crippen molar-refractivity contribution in [1.82, 2.24) is 5.32 Å². The summed E-state index contributed by atoms with van der Waals surface area (Å²) in [6.45, 7) is 0.430. The van der Waals surface area contributed by atoms with Crippen molar-refractivity contribution < 1.29 is 15.0 Å². The van der Waals surface area contributed by atoms with Gasteiger partial charge in [0.2, 0.25) is 0 Å². The molecule has 62 valence electrons. The van der Waals surface area contributed by atoms with E-state index in [0.717, 1.165) is 0 Å². The first kappa shape index (κ1) is 7.06. The van der Waals surface area contributed by atoms with E-state index in [1.807, 2.05) is 0 Å². The maximum atomic E-state index is 10.7. The fraction of sp³-hybridized carbons (Fsp3) is 0.857. The lowest BCUT2D eigenvalue weighted by molar-refractivity contribution is -0.144. The lowest BCUT2D eigenvalue weighted by Gasteiger charge is -2.23. The molecule has 0 radical (unpaired) electrons. The molecule has 0 aromatic heterocycles. The number of rotatable bonds is 1. The molecular formula is C7H11NO3. The van der Waals surface area contributed by atoms with E-state index in [-0.39, 0.29) is 0 Å². The summed E-state index contributed by atoms with van der Waals surface area (Å²) < 4.78 is 0. The molecule has 1 saturated carbocycles. The smallest absolute Gasteiger partial charge is 0.324 e. The minimum Gasteiger partial charge on any atom is -0.480 e. The second-order valence-corrected chi connectivity index (χ2v) is 3.64. The monoisotopic (exact) mass is 157 g/mol. The molecule has 2 aliphatic rings. The Balaban J connectivity index is 2.27. The van der Waals surface area contributed by atoms with Crippen LogP contribution >= 0.6 is 0 Å². The van der Waals surface area contributed by atoms with Crippen LogP contribution in [0, 0.1) is 0 Å². The first-order valence-electron chi connectivity index (χ1n) is 3.77. The van der Waals surface area contributed by atoms with Crippen LogP contribution in [0.4, 0.5) is 0 Å². The average molecular weight is 157 g/mol. The molecule has 2 atom stereocenters. The van der Waals surface area contributed by atoms with Crippen molar-refractivity contribution in [2.75, 3.05) is 6.54 Å². The van der Waals surface area contributed by atoms with Crippen molar-refractivity contribution in [3.63, 3.8) is 0 Å². The molecule has 1 aliphatic heterocycles. The molecule has 2 rings (SSSR count). The number of carboxylic acids is 1. The van der Waals surface area contributed by atoms with Gasteiger partial charge in [-0.2, -0.15) is 0 Å². The topological polar surface area (TPSA) is 69.6 Å². The molecule has 2 fully saturated rings. The van der Waals surface area contributed by atoms with Crippen LogP contribution in [0.25, 0.3) is 0 Å². The van der Waals surface area contributed by atoms with Crippen LogP contribution in [0.5, 0.6) is 0 Å². The van der Waals surface area contributed by atoms with Crippen LogP contribution in [0.1, 0.15) is 19.3 Å². The number of carbonyl (C=O) groups is 1. The quantitative estimate of drug-likeness (QED) is 0.472. The second kappa shape index (κ2) is 1.76. The van der Waals surface area contributed by atoms with Gasteiger partial charge in [-0.1, -0.05) is 0 Å². The number of β-amino-alcohol motifs (C(OH)–C–C–N with tert-alkyl or cyclic N) is 1. The van der Waals surface area contributed by atoms with E-state index >= 15 is 0 Å². The molecule has 1 saturated heterocycles. The highest BCUT2D eigenvalue weighted by atomic mass is 16.4. The number of carboxylic acid groups (broad SMARTS) is 1. The number of hydrogen-bond donors (Lipinski definition) is 3. The molecule has 0 unspecified atom stereocenters. The molecule has 2 bridgehead atoms. The maximum Gasteiger partial charge on any atom is 0.324 e. The van der Waals surface area contributed by atoms with Crippen LogP contribution in [-0.2, 0) is 4.79 Å². The van der Waals surface area contributed by atoms with Crippen molar-refractivity contribution in [2.24, 2.45) is 0 Å². The zero-order valence-corrected chi connectivity index (χ0v) is 6.13. The summed E-state index contributed by atoms with van der Waals surface area (Å²) in [6, 6.07) is 0. The Morgan fingerprint density at radius 3 is 2.36 bits per heavy atom. The summed E-state index contributed by atoms with van der Waals surface area (Å²) in [5.74, 6) is -0.828. The number of fused-ring (bicyclic) bond motifs is 2. The Hall–Kier alpha value is -0.610. The number of piperidine rings is 1. The predicted molar refractivity (Wildman–Crippen MR) is 37.2 cm³/mol. The molecule has 0 amide bonds. The lowest BCUT2D eigenvalue weighted by atomic mass is 10.00. The van der Waals surface area contributed by atoms with Gasteiger partial charge in [-0.25, -0.2) is 0 Å². The van der Waals surface area contributed by atoms with Crippen LogP contribution < -0.4 is 5.32 Å². The standard InChI is InChI=1S/C7H11NO3/c9-5(10)7-2-1-6(11,3-7)4-8-7/h8,11H,1-4H2,(H,9,10)/t6-,7-/m0/s1. The number of hydrogen-bond acceptors (Lipinski definition) is 3. The SMILES string of the molecule is O=C(O)[C@@]12CC[C@@](O)(CN1)C2. The highest BCUT2D eigenvalue weighted by Gasteiger charge is 2.57. The van der Waals surface area contributed by atoms with Crippen LogP contribution in [0.15, 0.2) is 0 Å². The minimum atomic E-state index is -0.828. The van der Waals surface area contributed by atoms with Gasteiger partial charge in [0.1, 0.15) is 5.54 Å². The normalized spacial score (nSPS) is 48.1. The fourth-order valence-electron chi connectivity index (χ4n) is 2.08. The zero-order chi connectivity index (χ0) is 8.11. The Morgan fingerprint density at radius 1 is 1.45 bits per heavy atom. The van der Waals surface area contributed by atoms with Gasteiger partial charge in [-0.3, -0.25) is 10.1 Å². The molecule has 0 spiro atoms. The summed E-state index contributed by atoms with van der Waals surface area (Å²) in [7, 11) is 0. The summed E-state index contributed by atoms with van der Waals surface area (Å²) in [6.07, 6.45) is 1.54. The van der Waals surface area contributed by atoms with E-state index in [0.29, 0.717) is 25.8 Å². The third-order valence-electron chi connectivity index (χ3n) is 2.81. The van der Waals surface area contributed by atoms with Gasteiger partial charge in [0.25, 0.3) is 0 Å². The van der Waals surface area contributed by atoms with E-state index in [1.54, 1.807) is 0 Å². The molecule has 1 aliphatic carbocycles. The maximum absolute atomic E-state index is 10.7. The molecule has 11 heavy (non-hydrogen) atoms. The van der Waals surface area contributed by atoms with Crippen LogP contribution in [-0.4, -0.2) is 33.9 Å². The third-order valence-corrected chi connectivity index (χ3v) is 2.81. The Kier molecular flexibility index (Phi) is 1.13. The summed E-state index contributed by atoms with van der Waals surface area (Å²) in [5.41, 5.74) is -1.55. The summed E-state index contributed by atoms with van der Waals surface area (Å²) in [4.78, 5) is 10.7. The molecular weight excluding hydrogens is 146 g/mol. The third kappa shape index (κ3) is 0.795. The van der Waals surface area contributed by atoms with Gasteiger partial charge in [-0.05, 0) is 12.8 Å². The average Bonchev–Trinajstić information content (AvgIpc) is 2.42. The Labute approximate surface area is 64.2 Å². The van der Waals surface area contributed by atoms with Gasteiger partial charge >= 0.3 is 5.97 Å². The number of nitrogens with one attached hydrogen (secondary N) is 1. The van der Waals surface area contributed by atoms with E-state index < -0.39 is 17.1 Å². The first-order chi connectivity index (χ1) is 5.06. The van der Waals surface area contributed by atoms with E-state index in [2.05, 4.69) is 5.32 Å². The highest BCUT2D eigenvalue weighted by Crippen LogP contribution is 2.42. The Morgan fingerprint density at radius 2 is 2.18 bits per heavy atom. The number of aliphatic hydroxyl groups is 1. The van der Waals surface area contributed by atoms with E-state index in [1.165, 1.54) is 0 Å². The molecule has 3 N–H and O–H groups in total. The van der Waals surface area contributed by atoms with Crippen molar-refractivity contribution >= 4 is 5.97 Å².